The number of carbonyl (C=O) groups excluding carboxylic acids is 1. The van der Waals surface area contributed by atoms with Gasteiger partial charge in [0.25, 0.3) is 0 Å². The van der Waals surface area contributed by atoms with Crippen molar-refractivity contribution in [2.45, 2.75) is 39.5 Å². The molecule has 0 atom stereocenters. The second-order valence-electron chi connectivity index (χ2n) is 5.02. The van der Waals surface area contributed by atoms with Crippen molar-refractivity contribution < 1.29 is 9.37 Å². The molecule has 2 rings (SSSR count). The van der Waals surface area contributed by atoms with Crippen molar-refractivity contribution in [1.29, 1.82) is 0 Å². The molecule has 0 bridgehead atoms. The molecule has 102 valence electrons. The Morgan fingerprint density at radius 3 is 2.84 bits per heavy atom. The van der Waals surface area contributed by atoms with E-state index in [0.717, 1.165) is 19.4 Å². The Labute approximate surface area is 119 Å². The van der Waals surface area contributed by atoms with E-state index in [1.807, 2.05) is 18.7 Å². The molecule has 19 heavy (non-hydrogen) atoms. The highest BCUT2D eigenvalue weighted by atomic mass is 32.2. The summed E-state index contributed by atoms with van der Waals surface area (Å²) in [6.07, 6.45) is 5.63. The maximum Gasteiger partial charge on any atom is 0.216 e. The third kappa shape index (κ3) is 3.27. The van der Waals surface area contributed by atoms with Gasteiger partial charge >= 0.3 is 0 Å². The van der Waals surface area contributed by atoms with E-state index in [0.29, 0.717) is 18.6 Å². The molecular weight excluding hydrogens is 254 g/mol. The van der Waals surface area contributed by atoms with Crippen molar-refractivity contribution in [2.24, 2.45) is 0 Å². The molecule has 2 nitrogen and oxygen atoms in total. The van der Waals surface area contributed by atoms with E-state index in [4.69, 9.17) is 0 Å². The fourth-order valence-corrected chi connectivity index (χ4v) is 3.28. The summed E-state index contributed by atoms with van der Waals surface area (Å²) in [5.74, 6) is 0.347. The minimum absolute atomic E-state index is 0.347. The van der Waals surface area contributed by atoms with Crippen molar-refractivity contribution in [3.8, 4) is 0 Å². The maximum atomic E-state index is 11.6. The van der Waals surface area contributed by atoms with Gasteiger partial charge in [0.2, 0.25) is 10.7 Å². The summed E-state index contributed by atoms with van der Waals surface area (Å²) in [7, 11) is 0. The summed E-state index contributed by atoms with van der Waals surface area (Å²) in [4.78, 5) is 11.6. The SMILES string of the molecule is CCC(=O)CC[N+]1=C(SC)CCc2cc(C)ccc21. The van der Waals surface area contributed by atoms with E-state index in [9.17, 15) is 4.79 Å². The largest absolute Gasteiger partial charge is 0.299 e. The zero-order valence-electron chi connectivity index (χ0n) is 12.0. The Morgan fingerprint density at radius 1 is 1.37 bits per heavy atom. The monoisotopic (exact) mass is 276 g/mol. The lowest BCUT2D eigenvalue weighted by atomic mass is 10.0. The zero-order chi connectivity index (χ0) is 13.8. The molecule has 0 saturated heterocycles. The van der Waals surface area contributed by atoms with Crippen molar-refractivity contribution in [2.75, 3.05) is 12.8 Å². The lowest BCUT2D eigenvalue weighted by molar-refractivity contribution is -0.440. The van der Waals surface area contributed by atoms with Gasteiger partial charge in [0.1, 0.15) is 5.78 Å². The normalized spacial score (nSPS) is 14.5. The van der Waals surface area contributed by atoms with Crippen LogP contribution in [0.15, 0.2) is 18.2 Å². The number of hydrogen-bond acceptors (Lipinski definition) is 2. The van der Waals surface area contributed by atoms with Crippen LogP contribution in [0.25, 0.3) is 0 Å². The number of nitrogens with zero attached hydrogens (tertiary/aromatic N) is 1. The van der Waals surface area contributed by atoms with E-state index in [-0.39, 0.29) is 0 Å². The third-order valence-corrected chi connectivity index (χ3v) is 4.58. The first kappa shape index (κ1) is 14.3. The third-order valence-electron chi connectivity index (χ3n) is 3.68. The summed E-state index contributed by atoms with van der Waals surface area (Å²) in [5.41, 5.74) is 4.03. The number of carbonyl (C=O) groups is 1. The number of benzene rings is 1. The number of aryl methyl sites for hydroxylation is 2. The Morgan fingerprint density at radius 2 is 2.16 bits per heavy atom. The zero-order valence-corrected chi connectivity index (χ0v) is 12.8. The van der Waals surface area contributed by atoms with Crippen LogP contribution in [0.3, 0.4) is 0 Å². The number of hydrogen-bond donors (Lipinski definition) is 0. The van der Waals surface area contributed by atoms with Crippen LogP contribution in [0.1, 0.15) is 37.3 Å². The number of ketones is 1. The smallest absolute Gasteiger partial charge is 0.216 e. The highest BCUT2D eigenvalue weighted by Crippen LogP contribution is 2.29. The fourth-order valence-electron chi connectivity index (χ4n) is 2.56. The first-order valence-electron chi connectivity index (χ1n) is 6.94. The highest BCUT2D eigenvalue weighted by Gasteiger charge is 2.26. The lowest BCUT2D eigenvalue weighted by Gasteiger charge is -2.16. The highest BCUT2D eigenvalue weighted by molar-refractivity contribution is 8.13. The van der Waals surface area contributed by atoms with E-state index in [1.165, 1.54) is 21.9 Å². The van der Waals surface area contributed by atoms with Gasteiger partial charge in [-0.1, -0.05) is 30.3 Å². The van der Waals surface area contributed by atoms with Crippen LogP contribution in [-0.2, 0) is 11.2 Å². The van der Waals surface area contributed by atoms with Gasteiger partial charge in [-0.25, -0.2) is 0 Å². The number of fused-ring (bicyclic) bond motifs is 1. The molecule has 0 aliphatic carbocycles. The van der Waals surface area contributed by atoms with Crippen LogP contribution < -0.4 is 0 Å². The quantitative estimate of drug-likeness (QED) is 0.781. The molecular formula is C16H22NOS+. The molecule has 3 heteroatoms. The fraction of sp³-hybridized carbons (Fsp3) is 0.500. The molecule has 0 amide bonds. The molecule has 0 saturated carbocycles. The van der Waals surface area contributed by atoms with Gasteiger partial charge in [0, 0.05) is 24.5 Å². The predicted molar refractivity (Wildman–Crippen MR) is 82.7 cm³/mol. The summed E-state index contributed by atoms with van der Waals surface area (Å²) in [5, 5.41) is 1.39. The van der Waals surface area contributed by atoms with Crippen LogP contribution >= 0.6 is 11.8 Å². The summed E-state index contributed by atoms with van der Waals surface area (Å²) in [6, 6.07) is 6.65. The lowest BCUT2D eigenvalue weighted by Crippen LogP contribution is -2.23. The van der Waals surface area contributed by atoms with Crippen molar-refractivity contribution in [3.05, 3.63) is 29.3 Å². The molecule has 1 aromatic carbocycles. The molecule has 0 aromatic heterocycles. The van der Waals surface area contributed by atoms with Crippen LogP contribution in [-0.4, -0.2) is 28.2 Å². The van der Waals surface area contributed by atoms with Gasteiger partial charge in [-0.15, -0.1) is 0 Å². The summed E-state index contributed by atoms with van der Waals surface area (Å²) < 4.78 is 2.34. The minimum atomic E-state index is 0.347. The second-order valence-corrected chi connectivity index (χ2v) is 5.90. The average molecular weight is 276 g/mol. The molecule has 1 heterocycles. The standard InChI is InChI=1S/C16H22NOS/c1-4-14(18)9-10-17-15-7-5-12(2)11-13(15)6-8-16(17)19-3/h5,7,11H,4,6,8-10H2,1-3H3/q+1. The summed E-state index contributed by atoms with van der Waals surface area (Å²) >= 11 is 1.81. The molecule has 0 spiro atoms. The van der Waals surface area contributed by atoms with Crippen molar-refractivity contribution >= 4 is 28.3 Å². The second kappa shape index (κ2) is 6.38. The number of rotatable bonds is 4. The molecule has 1 aliphatic heterocycles. The van der Waals surface area contributed by atoms with Gasteiger partial charge in [0.15, 0.2) is 6.54 Å². The Hall–Kier alpha value is -1.09. The maximum absolute atomic E-state index is 11.6. The number of thioether (sulfide) groups is 1. The molecule has 0 radical (unpaired) electrons. The topological polar surface area (TPSA) is 20.1 Å². The molecule has 0 fully saturated rings. The van der Waals surface area contributed by atoms with E-state index in [2.05, 4.69) is 36.0 Å². The summed E-state index contributed by atoms with van der Waals surface area (Å²) in [6.45, 7) is 4.90. The Balaban J connectivity index is 2.30. The first-order valence-corrected chi connectivity index (χ1v) is 8.16. The van der Waals surface area contributed by atoms with Gasteiger partial charge in [-0.05, 0) is 25.7 Å². The van der Waals surface area contributed by atoms with Crippen LogP contribution in [0.5, 0.6) is 0 Å². The van der Waals surface area contributed by atoms with Crippen molar-refractivity contribution in [3.63, 3.8) is 0 Å². The minimum Gasteiger partial charge on any atom is -0.299 e. The van der Waals surface area contributed by atoms with Gasteiger partial charge < -0.3 is 0 Å². The molecule has 1 aromatic rings. The number of Topliss-reactive ketones (excluding diaryl/α,β-unsaturated/α-hetero) is 1. The van der Waals surface area contributed by atoms with Crippen LogP contribution in [0.4, 0.5) is 5.69 Å². The van der Waals surface area contributed by atoms with Crippen LogP contribution in [0, 0.1) is 6.92 Å². The van der Waals surface area contributed by atoms with Gasteiger partial charge in [-0.3, -0.25) is 4.79 Å². The molecule has 0 N–H and O–H groups in total. The van der Waals surface area contributed by atoms with E-state index < -0.39 is 0 Å². The van der Waals surface area contributed by atoms with E-state index in [1.54, 1.807) is 0 Å². The van der Waals surface area contributed by atoms with Crippen LogP contribution in [0.2, 0.25) is 0 Å². The molecule has 0 unspecified atom stereocenters. The van der Waals surface area contributed by atoms with Gasteiger partial charge in [0.05, 0.1) is 6.42 Å². The average Bonchev–Trinajstić information content (AvgIpc) is 2.43. The van der Waals surface area contributed by atoms with Gasteiger partial charge in [-0.2, -0.15) is 4.58 Å². The van der Waals surface area contributed by atoms with Crippen molar-refractivity contribution in [1.82, 2.24) is 0 Å². The first-order chi connectivity index (χ1) is 9.15. The predicted octanol–water partition coefficient (Wildman–Crippen LogP) is 3.72. The Bertz CT molecular complexity index is 519. The van der Waals surface area contributed by atoms with E-state index >= 15 is 0 Å². The Kier molecular flexibility index (Phi) is 4.81. The molecule has 1 aliphatic rings.